The van der Waals surface area contributed by atoms with Gasteiger partial charge in [0.25, 0.3) is 15.9 Å². The first-order valence-electron chi connectivity index (χ1n) is 8.46. The number of para-hydroxylation sites is 1. The fourth-order valence-electron chi connectivity index (χ4n) is 2.64. The number of pyridine rings is 1. The molecule has 0 unspecified atom stereocenters. The Labute approximate surface area is 172 Å². The number of methoxy groups -OCH3 is 1. The van der Waals surface area contributed by atoms with Gasteiger partial charge in [0.2, 0.25) is 5.88 Å². The standard InChI is InChI=1S/C18H19N5O4S2/c1-10-6-5-7-11(2)15(10)22-29(25,26)14-8-13(9-19-18(14)27-4)20-17(24)16-12(3)28-23-21-16/h5-9,22H,1-4H3,(H,20,24). The molecule has 3 rings (SSSR count). The number of hydrogen-bond donors (Lipinski definition) is 2. The molecule has 3 aromatic rings. The normalized spacial score (nSPS) is 11.2. The average molecular weight is 434 g/mol. The highest BCUT2D eigenvalue weighted by Crippen LogP contribution is 2.29. The lowest BCUT2D eigenvalue weighted by Gasteiger charge is -2.15. The summed E-state index contributed by atoms with van der Waals surface area (Å²) >= 11 is 1.10. The Kier molecular flexibility index (Phi) is 5.80. The maximum atomic E-state index is 13.0. The van der Waals surface area contributed by atoms with Crippen LogP contribution in [-0.4, -0.2) is 36.0 Å². The quantitative estimate of drug-likeness (QED) is 0.612. The third-order valence-corrected chi connectivity index (χ3v) is 6.12. The van der Waals surface area contributed by atoms with Crippen molar-refractivity contribution in [1.82, 2.24) is 14.6 Å². The zero-order valence-corrected chi connectivity index (χ0v) is 17.8. The van der Waals surface area contributed by atoms with Gasteiger partial charge in [0.15, 0.2) is 10.6 Å². The third kappa shape index (κ3) is 4.35. The smallest absolute Gasteiger partial charge is 0.277 e. The van der Waals surface area contributed by atoms with Gasteiger partial charge in [0.05, 0.1) is 29.6 Å². The highest BCUT2D eigenvalue weighted by Gasteiger charge is 2.24. The summed E-state index contributed by atoms with van der Waals surface area (Å²) in [5.74, 6) is -0.595. The van der Waals surface area contributed by atoms with Gasteiger partial charge >= 0.3 is 0 Å². The van der Waals surface area contributed by atoms with Crippen molar-refractivity contribution in [2.24, 2.45) is 0 Å². The average Bonchev–Trinajstić information content (AvgIpc) is 3.11. The number of amides is 1. The molecule has 0 saturated heterocycles. The maximum Gasteiger partial charge on any atom is 0.277 e. The molecule has 0 atom stereocenters. The zero-order valence-electron chi connectivity index (χ0n) is 16.2. The van der Waals surface area contributed by atoms with Gasteiger partial charge in [-0.3, -0.25) is 9.52 Å². The van der Waals surface area contributed by atoms with Crippen LogP contribution in [-0.2, 0) is 10.0 Å². The number of aryl methyl sites for hydroxylation is 3. The topological polar surface area (TPSA) is 123 Å². The van der Waals surface area contributed by atoms with Gasteiger partial charge in [0.1, 0.15) is 0 Å². The molecule has 152 valence electrons. The molecular formula is C18H19N5O4S2. The Morgan fingerprint density at radius 2 is 1.86 bits per heavy atom. The molecule has 11 heteroatoms. The van der Waals surface area contributed by atoms with Gasteiger partial charge in [-0.25, -0.2) is 13.4 Å². The molecule has 0 spiro atoms. The number of benzene rings is 1. The van der Waals surface area contributed by atoms with Crippen LogP contribution in [0.1, 0.15) is 26.5 Å². The summed E-state index contributed by atoms with van der Waals surface area (Å²) in [7, 11) is -2.71. The Balaban J connectivity index is 1.96. The number of anilines is 2. The monoisotopic (exact) mass is 433 g/mol. The lowest BCUT2D eigenvalue weighted by Crippen LogP contribution is -2.18. The van der Waals surface area contributed by atoms with Gasteiger partial charge in [-0.15, -0.1) is 5.10 Å². The van der Waals surface area contributed by atoms with E-state index in [0.29, 0.717) is 10.6 Å². The Hall–Kier alpha value is -3.05. The highest BCUT2D eigenvalue weighted by atomic mass is 32.2. The number of nitrogens with one attached hydrogen (secondary N) is 2. The van der Waals surface area contributed by atoms with Crippen LogP contribution in [0.25, 0.3) is 0 Å². The van der Waals surface area contributed by atoms with Crippen molar-refractivity contribution in [2.45, 2.75) is 25.7 Å². The van der Waals surface area contributed by atoms with Crippen LogP contribution in [0, 0.1) is 20.8 Å². The zero-order chi connectivity index (χ0) is 21.2. The summed E-state index contributed by atoms with van der Waals surface area (Å²) in [5, 5.41) is 6.36. The molecule has 0 aliphatic heterocycles. The molecule has 0 fully saturated rings. The summed E-state index contributed by atoms with van der Waals surface area (Å²) in [6.45, 7) is 5.33. The lowest BCUT2D eigenvalue weighted by atomic mass is 10.1. The fraction of sp³-hybridized carbons (Fsp3) is 0.222. The van der Waals surface area contributed by atoms with Gasteiger partial charge < -0.3 is 10.1 Å². The second-order valence-electron chi connectivity index (χ2n) is 6.24. The Morgan fingerprint density at radius 1 is 1.17 bits per heavy atom. The van der Waals surface area contributed by atoms with Crippen LogP contribution in [0.2, 0.25) is 0 Å². The van der Waals surface area contributed by atoms with Crippen LogP contribution in [0.15, 0.2) is 35.4 Å². The number of carbonyl (C=O) groups is 1. The number of carbonyl (C=O) groups excluding carboxylic acids is 1. The van der Waals surface area contributed by atoms with Crippen LogP contribution in [0.5, 0.6) is 5.88 Å². The highest BCUT2D eigenvalue weighted by molar-refractivity contribution is 7.92. The molecule has 0 aliphatic carbocycles. The molecule has 0 aliphatic rings. The number of hydrogen-bond acceptors (Lipinski definition) is 8. The largest absolute Gasteiger partial charge is 0.480 e. The van der Waals surface area contributed by atoms with Crippen molar-refractivity contribution in [2.75, 3.05) is 17.1 Å². The second-order valence-corrected chi connectivity index (χ2v) is 8.84. The van der Waals surface area contributed by atoms with Gasteiger partial charge in [-0.1, -0.05) is 22.7 Å². The number of nitrogens with zero attached hydrogens (tertiary/aromatic N) is 3. The summed E-state index contributed by atoms with van der Waals surface area (Å²) in [4.78, 5) is 16.8. The van der Waals surface area contributed by atoms with Crippen molar-refractivity contribution < 1.29 is 17.9 Å². The van der Waals surface area contributed by atoms with Crippen LogP contribution < -0.4 is 14.8 Å². The van der Waals surface area contributed by atoms with Crippen molar-refractivity contribution in [3.05, 3.63) is 52.2 Å². The van der Waals surface area contributed by atoms with Gasteiger partial charge in [0, 0.05) is 0 Å². The molecule has 0 bridgehead atoms. The first-order chi connectivity index (χ1) is 13.7. The molecule has 2 N–H and O–H groups in total. The van der Waals surface area contributed by atoms with E-state index in [0.717, 1.165) is 22.7 Å². The predicted octanol–water partition coefficient (Wildman–Crippen LogP) is 2.92. The maximum absolute atomic E-state index is 13.0. The summed E-state index contributed by atoms with van der Waals surface area (Å²) in [6, 6.07) is 6.74. The predicted molar refractivity (Wildman–Crippen MR) is 110 cm³/mol. The van der Waals surface area contributed by atoms with E-state index < -0.39 is 15.9 Å². The van der Waals surface area contributed by atoms with Crippen LogP contribution >= 0.6 is 11.5 Å². The Bertz CT molecular complexity index is 1150. The van der Waals surface area contributed by atoms with Crippen LogP contribution in [0.3, 0.4) is 0 Å². The number of sulfonamides is 1. The molecule has 29 heavy (non-hydrogen) atoms. The van der Waals surface area contributed by atoms with E-state index in [9.17, 15) is 13.2 Å². The molecular weight excluding hydrogens is 414 g/mol. The van der Waals surface area contributed by atoms with Gasteiger partial charge in [-0.05, 0) is 49.5 Å². The van der Waals surface area contributed by atoms with E-state index in [-0.39, 0.29) is 22.2 Å². The van der Waals surface area contributed by atoms with E-state index in [1.165, 1.54) is 19.4 Å². The van der Waals surface area contributed by atoms with Crippen molar-refractivity contribution in [3.63, 3.8) is 0 Å². The minimum Gasteiger partial charge on any atom is -0.480 e. The summed E-state index contributed by atoms with van der Waals surface area (Å²) in [5.41, 5.74) is 2.38. The van der Waals surface area contributed by atoms with E-state index in [1.54, 1.807) is 32.9 Å². The lowest BCUT2D eigenvalue weighted by molar-refractivity contribution is 0.102. The van der Waals surface area contributed by atoms with Crippen molar-refractivity contribution >= 4 is 38.8 Å². The van der Waals surface area contributed by atoms with Crippen LogP contribution in [0.4, 0.5) is 11.4 Å². The summed E-state index contributed by atoms with van der Waals surface area (Å²) < 4.78 is 37.5. The minimum absolute atomic E-state index is 0.0896. The van der Waals surface area contributed by atoms with E-state index in [2.05, 4.69) is 24.6 Å². The first kappa shape index (κ1) is 20.7. The molecule has 1 amide bonds. The Morgan fingerprint density at radius 3 is 2.45 bits per heavy atom. The molecule has 0 saturated carbocycles. The second kappa shape index (κ2) is 8.13. The molecule has 0 radical (unpaired) electrons. The molecule has 9 nitrogen and oxygen atoms in total. The number of ether oxygens (including phenoxy) is 1. The minimum atomic E-state index is -4.04. The SMILES string of the molecule is COc1ncc(NC(=O)c2nnsc2C)cc1S(=O)(=O)Nc1c(C)cccc1C. The molecule has 2 heterocycles. The number of rotatable bonds is 6. The van der Waals surface area contributed by atoms with E-state index in [4.69, 9.17) is 4.74 Å². The molecule has 1 aromatic carbocycles. The molecule has 2 aromatic heterocycles. The van der Waals surface area contributed by atoms with Gasteiger partial charge in [-0.2, -0.15) is 0 Å². The third-order valence-electron chi connectivity index (χ3n) is 4.14. The van der Waals surface area contributed by atoms with E-state index >= 15 is 0 Å². The van der Waals surface area contributed by atoms with Crippen molar-refractivity contribution in [3.8, 4) is 5.88 Å². The summed E-state index contributed by atoms with van der Waals surface area (Å²) in [6.07, 6.45) is 1.31. The van der Waals surface area contributed by atoms with Crippen molar-refractivity contribution in [1.29, 1.82) is 0 Å². The number of aromatic nitrogens is 3. The van der Waals surface area contributed by atoms with E-state index in [1.807, 2.05) is 6.07 Å². The fourth-order valence-corrected chi connectivity index (χ4v) is 4.46. The first-order valence-corrected chi connectivity index (χ1v) is 10.7.